The molecule has 1 aliphatic heterocycles. The van der Waals surface area contributed by atoms with Crippen LogP contribution in [0.3, 0.4) is 0 Å². The SMILES string of the molecule is C=C(CCNC(=O)CNC(=O)CNC(=C)CNC(=O)CCCN1C(=O)CC(C(C)C)C1=O)NCCC(C)C. The monoisotopic (exact) mass is 534 g/mol. The number of nitrogens with one attached hydrogen (secondary N) is 5. The summed E-state index contributed by atoms with van der Waals surface area (Å²) in [5, 5.41) is 14.0. The minimum Gasteiger partial charge on any atom is -0.389 e. The number of hydrogen-bond acceptors (Lipinski definition) is 7. The number of carbonyl (C=O) groups excluding carboxylic acids is 5. The first-order chi connectivity index (χ1) is 17.9. The highest BCUT2D eigenvalue weighted by molar-refractivity contribution is 6.03. The Kier molecular flexibility index (Phi) is 14.8. The van der Waals surface area contributed by atoms with Crippen molar-refractivity contribution in [2.24, 2.45) is 17.8 Å². The Balaban J connectivity index is 2.11. The van der Waals surface area contributed by atoms with Crippen molar-refractivity contribution in [1.29, 1.82) is 0 Å². The molecule has 0 saturated carbocycles. The van der Waals surface area contributed by atoms with Crippen molar-refractivity contribution in [1.82, 2.24) is 31.5 Å². The molecular formula is C27H46N6O5. The smallest absolute Gasteiger partial charge is 0.239 e. The zero-order chi connectivity index (χ0) is 28.7. The number of likely N-dealkylation sites (tertiary alicyclic amines) is 1. The maximum Gasteiger partial charge on any atom is 0.239 e. The van der Waals surface area contributed by atoms with E-state index in [1.54, 1.807) is 0 Å². The van der Waals surface area contributed by atoms with Gasteiger partial charge in [-0.3, -0.25) is 28.9 Å². The molecule has 5 N–H and O–H groups in total. The van der Waals surface area contributed by atoms with Gasteiger partial charge in [0.15, 0.2) is 0 Å². The first kappa shape index (κ1) is 32.7. The molecule has 0 bridgehead atoms. The van der Waals surface area contributed by atoms with Crippen LogP contribution in [0.2, 0.25) is 0 Å². The molecule has 11 heteroatoms. The van der Waals surface area contributed by atoms with Gasteiger partial charge < -0.3 is 26.6 Å². The zero-order valence-corrected chi connectivity index (χ0v) is 23.4. The average molecular weight is 535 g/mol. The third kappa shape index (κ3) is 13.3. The van der Waals surface area contributed by atoms with Gasteiger partial charge in [-0.1, -0.05) is 40.9 Å². The summed E-state index contributed by atoms with van der Waals surface area (Å²) in [5.74, 6) is -0.817. The summed E-state index contributed by atoms with van der Waals surface area (Å²) in [5.41, 5.74) is 1.30. The van der Waals surface area contributed by atoms with Gasteiger partial charge >= 0.3 is 0 Å². The lowest BCUT2D eigenvalue weighted by Crippen LogP contribution is -2.41. The van der Waals surface area contributed by atoms with Crippen LogP contribution in [0.1, 0.15) is 59.8 Å². The molecule has 0 aromatic carbocycles. The van der Waals surface area contributed by atoms with E-state index < -0.39 is 0 Å². The molecule has 1 rings (SSSR count). The van der Waals surface area contributed by atoms with Crippen LogP contribution < -0.4 is 26.6 Å². The largest absolute Gasteiger partial charge is 0.389 e. The van der Waals surface area contributed by atoms with E-state index in [0.29, 0.717) is 31.0 Å². The summed E-state index contributed by atoms with van der Waals surface area (Å²) in [6.07, 6.45) is 2.43. The molecule has 0 aromatic rings. The Morgan fingerprint density at radius 2 is 1.45 bits per heavy atom. The number of imide groups is 1. The summed E-state index contributed by atoms with van der Waals surface area (Å²) in [6.45, 7) is 17.2. The summed E-state index contributed by atoms with van der Waals surface area (Å²) < 4.78 is 0. The van der Waals surface area contributed by atoms with Crippen molar-refractivity contribution < 1.29 is 24.0 Å². The van der Waals surface area contributed by atoms with E-state index in [1.165, 1.54) is 4.90 Å². The fourth-order valence-corrected chi connectivity index (χ4v) is 3.71. The van der Waals surface area contributed by atoms with E-state index in [-0.39, 0.29) is 80.4 Å². The van der Waals surface area contributed by atoms with Gasteiger partial charge in [-0.15, -0.1) is 0 Å². The minimum atomic E-state index is -0.382. The fraction of sp³-hybridized carbons (Fsp3) is 0.667. The molecule has 1 atom stereocenters. The Morgan fingerprint density at radius 1 is 0.816 bits per heavy atom. The van der Waals surface area contributed by atoms with Gasteiger partial charge in [0, 0.05) is 56.2 Å². The summed E-state index contributed by atoms with van der Waals surface area (Å²) in [7, 11) is 0. The average Bonchev–Trinajstić information content (AvgIpc) is 3.13. The standard InChI is InChI=1S/C27H46N6O5/c1-18(2)9-11-28-20(5)10-12-29-24(35)17-32-25(36)16-30-21(6)15-31-23(34)8-7-13-33-26(37)14-22(19(3)4)27(33)38/h18-19,22,28,30H,5-17H2,1-4H3,(H,29,35)(H,31,34)(H,32,36). The second-order valence-electron chi connectivity index (χ2n) is 10.4. The van der Waals surface area contributed by atoms with Crippen LogP contribution in [-0.4, -0.2) is 73.7 Å². The van der Waals surface area contributed by atoms with E-state index >= 15 is 0 Å². The van der Waals surface area contributed by atoms with Crippen molar-refractivity contribution in [2.75, 3.05) is 39.3 Å². The lowest BCUT2D eigenvalue weighted by atomic mass is 9.94. The van der Waals surface area contributed by atoms with Gasteiger partial charge in [-0.2, -0.15) is 0 Å². The van der Waals surface area contributed by atoms with Gasteiger partial charge in [0.05, 0.1) is 19.6 Å². The fourth-order valence-electron chi connectivity index (χ4n) is 3.71. The Bertz CT molecular complexity index is 870. The number of hydrogen-bond donors (Lipinski definition) is 5. The third-order valence-electron chi connectivity index (χ3n) is 6.16. The molecule has 1 heterocycles. The van der Waals surface area contributed by atoms with E-state index in [9.17, 15) is 24.0 Å². The molecule has 0 spiro atoms. The molecule has 38 heavy (non-hydrogen) atoms. The van der Waals surface area contributed by atoms with Crippen molar-refractivity contribution >= 4 is 29.5 Å². The second-order valence-corrected chi connectivity index (χ2v) is 10.4. The van der Waals surface area contributed by atoms with Crippen LogP contribution in [0.4, 0.5) is 0 Å². The van der Waals surface area contributed by atoms with Crippen LogP contribution in [0.5, 0.6) is 0 Å². The van der Waals surface area contributed by atoms with Crippen LogP contribution in [0, 0.1) is 17.8 Å². The molecule has 1 fully saturated rings. The van der Waals surface area contributed by atoms with Gasteiger partial charge in [-0.05, 0) is 24.7 Å². The van der Waals surface area contributed by atoms with Crippen molar-refractivity contribution in [2.45, 2.75) is 59.8 Å². The van der Waals surface area contributed by atoms with Gasteiger partial charge in [-0.25, -0.2) is 0 Å². The van der Waals surface area contributed by atoms with Crippen LogP contribution in [0.15, 0.2) is 24.6 Å². The van der Waals surface area contributed by atoms with E-state index in [4.69, 9.17) is 0 Å². The van der Waals surface area contributed by atoms with Crippen LogP contribution in [0.25, 0.3) is 0 Å². The maximum absolute atomic E-state index is 12.3. The van der Waals surface area contributed by atoms with Gasteiger partial charge in [0.1, 0.15) is 0 Å². The zero-order valence-electron chi connectivity index (χ0n) is 23.4. The van der Waals surface area contributed by atoms with Crippen molar-refractivity contribution in [3.05, 3.63) is 24.6 Å². The second kappa shape index (κ2) is 17.2. The Hall–Kier alpha value is -3.37. The van der Waals surface area contributed by atoms with Gasteiger partial charge in [0.25, 0.3) is 0 Å². The number of amides is 5. The van der Waals surface area contributed by atoms with Crippen LogP contribution in [-0.2, 0) is 24.0 Å². The first-order valence-electron chi connectivity index (χ1n) is 13.4. The number of nitrogens with zero attached hydrogens (tertiary/aromatic N) is 1. The lowest BCUT2D eigenvalue weighted by Gasteiger charge is -2.16. The summed E-state index contributed by atoms with van der Waals surface area (Å²) in [4.78, 5) is 61.5. The highest BCUT2D eigenvalue weighted by Crippen LogP contribution is 2.26. The number of carbonyl (C=O) groups is 5. The molecule has 214 valence electrons. The summed E-state index contributed by atoms with van der Waals surface area (Å²) >= 11 is 0. The minimum absolute atomic E-state index is 0.0885. The molecule has 1 saturated heterocycles. The van der Waals surface area contributed by atoms with Gasteiger partial charge in [0.2, 0.25) is 29.5 Å². The predicted octanol–water partition coefficient (Wildman–Crippen LogP) is 0.789. The highest BCUT2D eigenvalue weighted by Gasteiger charge is 2.39. The molecule has 11 nitrogen and oxygen atoms in total. The molecule has 1 unspecified atom stereocenters. The Labute approximate surface area is 226 Å². The quantitative estimate of drug-likeness (QED) is 0.154. The summed E-state index contributed by atoms with van der Waals surface area (Å²) in [6, 6.07) is 0. The Morgan fingerprint density at radius 3 is 2.08 bits per heavy atom. The molecule has 0 aromatic heterocycles. The number of rotatable bonds is 19. The third-order valence-corrected chi connectivity index (χ3v) is 6.16. The van der Waals surface area contributed by atoms with Crippen LogP contribution >= 0.6 is 0 Å². The highest BCUT2D eigenvalue weighted by atomic mass is 16.2. The van der Waals surface area contributed by atoms with Crippen molar-refractivity contribution in [3.8, 4) is 0 Å². The van der Waals surface area contributed by atoms with Crippen molar-refractivity contribution in [3.63, 3.8) is 0 Å². The van der Waals surface area contributed by atoms with E-state index in [1.807, 2.05) is 13.8 Å². The molecule has 5 amide bonds. The molecule has 0 radical (unpaired) electrons. The molecule has 0 aliphatic carbocycles. The molecular weight excluding hydrogens is 488 g/mol. The maximum atomic E-state index is 12.3. The first-order valence-corrected chi connectivity index (χ1v) is 13.4. The topological polar surface area (TPSA) is 149 Å². The van der Waals surface area contributed by atoms with E-state index in [0.717, 1.165) is 18.7 Å². The lowest BCUT2D eigenvalue weighted by molar-refractivity contribution is -0.140. The van der Waals surface area contributed by atoms with E-state index in [2.05, 4.69) is 53.6 Å². The molecule has 1 aliphatic rings. The predicted molar refractivity (Wildman–Crippen MR) is 146 cm³/mol. The normalized spacial score (nSPS) is 15.0.